The third-order valence-corrected chi connectivity index (χ3v) is 6.24. The van der Waals surface area contributed by atoms with Gasteiger partial charge in [-0.05, 0) is 24.3 Å². The Labute approximate surface area is 149 Å². The summed E-state index contributed by atoms with van der Waals surface area (Å²) >= 11 is 0. The highest BCUT2D eigenvalue weighted by atomic mass is 16.6. The number of esters is 2. The molecular weight excluding hydrogens is 320 g/mol. The van der Waals surface area contributed by atoms with Crippen molar-refractivity contribution in [2.45, 2.75) is 64.8 Å². The Balaban J connectivity index is 1.85. The number of rotatable bonds is 3. The number of fused-ring (bicyclic) bond motifs is 3. The Bertz CT molecular complexity index is 622. The molecule has 3 rings (SSSR count). The van der Waals surface area contributed by atoms with Crippen molar-refractivity contribution < 1.29 is 24.2 Å². The zero-order chi connectivity index (χ0) is 18.5. The first kappa shape index (κ1) is 18.2. The van der Waals surface area contributed by atoms with E-state index >= 15 is 0 Å². The van der Waals surface area contributed by atoms with Crippen LogP contribution in [0.5, 0.6) is 0 Å². The van der Waals surface area contributed by atoms with Gasteiger partial charge in [0, 0.05) is 35.7 Å². The van der Waals surface area contributed by atoms with Crippen molar-refractivity contribution in [3.05, 3.63) is 24.3 Å². The zero-order valence-electron chi connectivity index (χ0n) is 15.3. The van der Waals surface area contributed by atoms with Crippen LogP contribution in [0.4, 0.5) is 0 Å². The van der Waals surface area contributed by atoms with Crippen LogP contribution in [-0.4, -0.2) is 35.4 Å². The maximum Gasteiger partial charge on any atom is 0.334 e. The Morgan fingerprint density at radius 2 is 2.12 bits per heavy atom. The third kappa shape index (κ3) is 2.92. The van der Waals surface area contributed by atoms with Crippen LogP contribution in [0.25, 0.3) is 0 Å². The van der Waals surface area contributed by atoms with Crippen LogP contribution in [0, 0.1) is 23.2 Å². The predicted molar refractivity (Wildman–Crippen MR) is 92.4 cm³/mol. The van der Waals surface area contributed by atoms with E-state index in [-0.39, 0.29) is 35.8 Å². The summed E-state index contributed by atoms with van der Waals surface area (Å²) in [5.74, 6) is -0.704. The van der Waals surface area contributed by atoms with Crippen LogP contribution in [-0.2, 0) is 19.1 Å². The number of carbonyl (C=O) groups excluding carboxylic acids is 2. The summed E-state index contributed by atoms with van der Waals surface area (Å²) in [6.45, 7) is 14.0. The maximum absolute atomic E-state index is 12.1. The van der Waals surface area contributed by atoms with Crippen molar-refractivity contribution in [1.82, 2.24) is 0 Å². The predicted octanol–water partition coefficient (Wildman–Crippen LogP) is 2.78. The number of aliphatic hydroxyl groups excluding tert-OH is 1. The van der Waals surface area contributed by atoms with Crippen molar-refractivity contribution >= 4 is 11.9 Å². The van der Waals surface area contributed by atoms with Gasteiger partial charge in [0.15, 0.2) is 0 Å². The highest BCUT2D eigenvalue weighted by Gasteiger charge is 2.60. The van der Waals surface area contributed by atoms with Crippen LogP contribution >= 0.6 is 0 Å². The molecule has 3 aliphatic rings. The first-order chi connectivity index (χ1) is 11.6. The Morgan fingerprint density at radius 3 is 2.76 bits per heavy atom. The minimum atomic E-state index is -0.631. The lowest BCUT2D eigenvalue weighted by molar-refractivity contribution is -0.167. The average molecular weight is 348 g/mol. The SMILES string of the molecule is C=C1C(=O)OC2C1CCC1(C)C(O)CC(OC(=O)CC(C)C)C(=C)C21. The molecule has 0 aromatic heterocycles. The summed E-state index contributed by atoms with van der Waals surface area (Å²) in [6, 6.07) is 0. The molecule has 6 unspecified atom stereocenters. The van der Waals surface area contributed by atoms with Crippen LogP contribution in [0.3, 0.4) is 0 Å². The molecule has 0 amide bonds. The van der Waals surface area contributed by atoms with Gasteiger partial charge in [-0.1, -0.05) is 33.9 Å². The van der Waals surface area contributed by atoms with Crippen LogP contribution < -0.4 is 0 Å². The molecule has 1 aliphatic heterocycles. The fourth-order valence-corrected chi connectivity index (χ4v) is 4.76. The normalized spacial score (nSPS) is 40.5. The molecule has 25 heavy (non-hydrogen) atoms. The lowest BCUT2D eigenvalue weighted by Gasteiger charge is -2.54. The van der Waals surface area contributed by atoms with Crippen LogP contribution in [0.15, 0.2) is 24.3 Å². The lowest BCUT2D eigenvalue weighted by Crippen LogP contribution is -2.56. The van der Waals surface area contributed by atoms with E-state index in [0.717, 1.165) is 18.4 Å². The highest BCUT2D eigenvalue weighted by Crippen LogP contribution is 2.57. The first-order valence-corrected chi connectivity index (χ1v) is 9.11. The summed E-state index contributed by atoms with van der Waals surface area (Å²) in [4.78, 5) is 24.1. The highest BCUT2D eigenvalue weighted by molar-refractivity contribution is 5.91. The fourth-order valence-electron chi connectivity index (χ4n) is 4.76. The molecule has 0 aromatic carbocycles. The molecule has 3 fully saturated rings. The summed E-state index contributed by atoms with van der Waals surface area (Å²) in [5, 5.41) is 10.8. The molecule has 2 saturated carbocycles. The van der Waals surface area contributed by atoms with Crippen LogP contribution in [0.1, 0.15) is 46.5 Å². The van der Waals surface area contributed by atoms with E-state index in [0.29, 0.717) is 18.4 Å². The lowest BCUT2D eigenvalue weighted by atomic mass is 9.53. The summed E-state index contributed by atoms with van der Waals surface area (Å²) in [6.07, 6.45) is 0.680. The monoisotopic (exact) mass is 348 g/mol. The van der Waals surface area contributed by atoms with Crippen LogP contribution in [0.2, 0.25) is 0 Å². The Hall–Kier alpha value is -1.62. The summed E-state index contributed by atoms with van der Waals surface area (Å²) < 4.78 is 11.2. The molecule has 138 valence electrons. The van der Waals surface area contributed by atoms with Gasteiger partial charge in [0.25, 0.3) is 0 Å². The minimum Gasteiger partial charge on any atom is -0.458 e. The molecule has 0 bridgehead atoms. The second-order valence-electron chi connectivity index (χ2n) is 8.43. The van der Waals surface area contributed by atoms with Gasteiger partial charge in [-0.3, -0.25) is 4.79 Å². The fraction of sp³-hybridized carbons (Fsp3) is 0.700. The Kier molecular flexibility index (Phi) is 4.56. The number of ether oxygens (including phenoxy) is 2. The topological polar surface area (TPSA) is 72.8 Å². The molecule has 5 nitrogen and oxygen atoms in total. The van der Waals surface area contributed by atoms with Crippen molar-refractivity contribution in [1.29, 1.82) is 0 Å². The first-order valence-electron chi connectivity index (χ1n) is 9.11. The van der Waals surface area contributed by atoms with Crippen molar-refractivity contribution in [2.75, 3.05) is 0 Å². The molecule has 1 heterocycles. The molecule has 0 spiro atoms. The van der Waals surface area contributed by atoms with Gasteiger partial charge in [0.05, 0.1) is 6.10 Å². The van der Waals surface area contributed by atoms with E-state index in [1.54, 1.807) is 0 Å². The van der Waals surface area contributed by atoms with E-state index < -0.39 is 17.6 Å². The van der Waals surface area contributed by atoms with E-state index in [2.05, 4.69) is 13.2 Å². The van der Waals surface area contributed by atoms with Gasteiger partial charge in [-0.2, -0.15) is 0 Å². The number of aliphatic hydroxyl groups is 1. The molecule has 1 N–H and O–H groups in total. The molecular formula is C20H28O5. The van der Waals surface area contributed by atoms with E-state index in [4.69, 9.17) is 9.47 Å². The van der Waals surface area contributed by atoms with Gasteiger partial charge < -0.3 is 14.6 Å². The molecule has 6 atom stereocenters. The maximum atomic E-state index is 12.1. The van der Waals surface area contributed by atoms with Crippen molar-refractivity contribution in [2.24, 2.45) is 23.2 Å². The second kappa shape index (κ2) is 6.27. The molecule has 1 saturated heterocycles. The van der Waals surface area contributed by atoms with Gasteiger partial charge in [0.1, 0.15) is 12.2 Å². The van der Waals surface area contributed by atoms with Gasteiger partial charge in [-0.25, -0.2) is 4.79 Å². The minimum absolute atomic E-state index is 0.0420. The van der Waals surface area contributed by atoms with Gasteiger partial charge >= 0.3 is 11.9 Å². The van der Waals surface area contributed by atoms with E-state index in [1.807, 2.05) is 20.8 Å². The molecule has 2 aliphatic carbocycles. The largest absolute Gasteiger partial charge is 0.458 e. The smallest absolute Gasteiger partial charge is 0.334 e. The van der Waals surface area contributed by atoms with E-state index in [9.17, 15) is 14.7 Å². The second-order valence-corrected chi connectivity index (χ2v) is 8.43. The summed E-state index contributed by atoms with van der Waals surface area (Å²) in [7, 11) is 0. The van der Waals surface area contributed by atoms with Gasteiger partial charge in [-0.15, -0.1) is 0 Å². The quantitative estimate of drug-likeness (QED) is 0.482. The molecule has 0 radical (unpaired) electrons. The van der Waals surface area contributed by atoms with Crippen molar-refractivity contribution in [3.8, 4) is 0 Å². The third-order valence-electron chi connectivity index (χ3n) is 6.24. The standard InChI is InChI=1S/C20H28O5/c1-10(2)8-16(22)24-14-9-15(21)20(5)7-6-13-11(3)19(23)25-18(13)17(20)12(14)4/h10,13-15,17-18,21H,3-4,6-9H2,1-2,5H3. The number of hydrogen-bond donors (Lipinski definition) is 1. The Morgan fingerprint density at radius 1 is 1.44 bits per heavy atom. The molecule has 0 aromatic rings. The summed E-state index contributed by atoms with van der Waals surface area (Å²) in [5.41, 5.74) is 0.833. The van der Waals surface area contributed by atoms with Gasteiger partial charge in [0.2, 0.25) is 0 Å². The average Bonchev–Trinajstić information content (AvgIpc) is 2.78. The number of hydrogen-bond acceptors (Lipinski definition) is 5. The molecule has 5 heteroatoms. The van der Waals surface area contributed by atoms with Crippen molar-refractivity contribution in [3.63, 3.8) is 0 Å². The van der Waals surface area contributed by atoms with E-state index in [1.165, 1.54) is 0 Å². The zero-order valence-corrected chi connectivity index (χ0v) is 15.3. The number of carbonyl (C=O) groups is 2.